The summed E-state index contributed by atoms with van der Waals surface area (Å²) in [7, 11) is 0. The summed E-state index contributed by atoms with van der Waals surface area (Å²) in [5.74, 6) is 1.42. The SMILES string of the molecule is O=C1COc2ccc(-c3ccnc([NH2+]c4c[c-]ccc4)c3)cc2N1.[Os+]. The number of nitrogens with one attached hydrogen (secondary N) is 1. The van der Waals surface area contributed by atoms with Crippen LogP contribution in [0.15, 0.2) is 60.8 Å². The van der Waals surface area contributed by atoms with Crippen LogP contribution in [0.4, 0.5) is 17.2 Å². The van der Waals surface area contributed by atoms with Gasteiger partial charge in [0.1, 0.15) is 5.75 Å². The van der Waals surface area contributed by atoms with Crippen molar-refractivity contribution in [3.05, 3.63) is 66.9 Å². The van der Waals surface area contributed by atoms with E-state index in [1.165, 1.54) is 0 Å². The third kappa shape index (κ3) is 3.93. The number of aromatic nitrogens is 1. The van der Waals surface area contributed by atoms with Crippen LogP contribution in [0, 0.1) is 6.07 Å². The minimum absolute atomic E-state index is 0. The zero-order chi connectivity index (χ0) is 16.4. The standard InChI is InChI=1S/C19H14N3O2.Os/c23-19-12-24-17-7-6-13(10-16(17)22-19)14-8-9-20-18(11-14)21-15-4-2-1-3-5-15;/h1-2,4-11H,12H2,(H,20,21)(H,22,23);/q-1;+1/p+1. The van der Waals surface area contributed by atoms with E-state index in [2.05, 4.69) is 16.4 Å². The molecular weight excluding hydrogens is 492 g/mol. The van der Waals surface area contributed by atoms with Gasteiger partial charge in [0, 0.05) is 18.0 Å². The first-order chi connectivity index (χ1) is 11.8. The van der Waals surface area contributed by atoms with E-state index in [1.807, 2.05) is 59.9 Å². The van der Waals surface area contributed by atoms with Crippen LogP contribution in [0.3, 0.4) is 0 Å². The third-order valence-electron chi connectivity index (χ3n) is 3.77. The molecule has 1 amide bonds. The van der Waals surface area contributed by atoms with Gasteiger partial charge < -0.3 is 15.4 Å². The Morgan fingerprint density at radius 1 is 1.16 bits per heavy atom. The molecule has 3 aromatic rings. The molecule has 2 heterocycles. The average molecular weight is 508 g/mol. The Balaban J connectivity index is 0.00000182. The number of nitrogens with zero attached hydrogens (tertiary/aromatic N) is 1. The van der Waals surface area contributed by atoms with Gasteiger partial charge in [0.25, 0.3) is 5.91 Å². The molecule has 0 saturated heterocycles. The molecule has 4 rings (SSSR count). The van der Waals surface area contributed by atoms with Crippen molar-refractivity contribution >= 4 is 23.1 Å². The Bertz CT molecular complexity index is 900. The minimum atomic E-state index is -0.135. The van der Waals surface area contributed by atoms with Crippen LogP contribution >= 0.6 is 0 Å². The number of rotatable bonds is 3. The van der Waals surface area contributed by atoms with E-state index in [4.69, 9.17) is 4.74 Å². The summed E-state index contributed by atoms with van der Waals surface area (Å²) >= 11 is 0. The molecule has 0 atom stereocenters. The van der Waals surface area contributed by atoms with E-state index in [-0.39, 0.29) is 32.3 Å². The van der Waals surface area contributed by atoms with Crippen molar-refractivity contribution in [3.63, 3.8) is 0 Å². The maximum atomic E-state index is 11.5. The molecule has 5 nitrogen and oxygen atoms in total. The predicted octanol–water partition coefficient (Wildman–Crippen LogP) is 2.40. The van der Waals surface area contributed by atoms with Crippen LogP contribution in [0.1, 0.15) is 0 Å². The number of anilines is 1. The van der Waals surface area contributed by atoms with E-state index in [0.29, 0.717) is 11.4 Å². The summed E-state index contributed by atoms with van der Waals surface area (Å²) < 4.78 is 5.40. The number of ether oxygens (including phenoxy) is 1. The van der Waals surface area contributed by atoms with Crippen LogP contribution in [-0.4, -0.2) is 17.5 Å². The first-order valence-corrected chi connectivity index (χ1v) is 7.62. The average Bonchev–Trinajstić information content (AvgIpc) is 2.62. The smallest absolute Gasteiger partial charge is 0.482 e. The van der Waals surface area contributed by atoms with Crippen molar-refractivity contribution in [2.24, 2.45) is 0 Å². The summed E-state index contributed by atoms with van der Waals surface area (Å²) in [6, 6.07) is 20.5. The maximum absolute atomic E-state index is 11.5. The molecule has 2 aromatic carbocycles. The molecule has 125 valence electrons. The van der Waals surface area contributed by atoms with E-state index in [9.17, 15) is 4.79 Å². The fraction of sp³-hybridized carbons (Fsp3) is 0.0526. The molecule has 0 aliphatic carbocycles. The number of hydrogen-bond donors (Lipinski definition) is 2. The van der Waals surface area contributed by atoms with Crippen LogP contribution in [0.2, 0.25) is 0 Å². The molecule has 1 aliphatic heterocycles. The second-order valence-electron chi connectivity index (χ2n) is 5.50. The molecule has 0 bridgehead atoms. The predicted molar refractivity (Wildman–Crippen MR) is 90.3 cm³/mol. The second-order valence-corrected chi connectivity index (χ2v) is 5.50. The first kappa shape index (κ1) is 17.3. The molecule has 0 unspecified atom stereocenters. The molecule has 25 heavy (non-hydrogen) atoms. The van der Waals surface area contributed by atoms with Gasteiger partial charge >= 0.3 is 19.8 Å². The van der Waals surface area contributed by atoms with Crippen molar-refractivity contribution in [3.8, 4) is 16.9 Å². The Kier molecular flexibility index (Phi) is 5.23. The van der Waals surface area contributed by atoms with Crippen LogP contribution in [0.5, 0.6) is 5.75 Å². The molecular formula is C19H15N3O2Os+. The van der Waals surface area contributed by atoms with E-state index < -0.39 is 0 Å². The van der Waals surface area contributed by atoms with Gasteiger partial charge in [-0.2, -0.15) is 18.2 Å². The minimum Gasteiger partial charge on any atom is -0.482 e. The quantitative estimate of drug-likeness (QED) is 0.423. The largest absolute Gasteiger partial charge is 1.00 e. The number of amides is 1. The number of benzene rings is 2. The van der Waals surface area contributed by atoms with Gasteiger partial charge in [0.05, 0.1) is 5.69 Å². The van der Waals surface area contributed by atoms with Gasteiger partial charge in [-0.25, -0.2) is 4.98 Å². The van der Waals surface area contributed by atoms with E-state index in [1.54, 1.807) is 6.20 Å². The molecule has 1 radical (unpaired) electrons. The third-order valence-corrected chi connectivity index (χ3v) is 3.77. The second kappa shape index (κ2) is 7.56. The maximum Gasteiger partial charge on any atom is 1.00 e. The Labute approximate surface area is 158 Å². The molecule has 6 heteroatoms. The van der Waals surface area contributed by atoms with Crippen molar-refractivity contribution in [2.75, 3.05) is 11.9 Å². The van der Waals surface area contributed by atoms with Crippen LogP contribution in [0.25, 0.3) is 11.1 Å². The summed E-state index contributed by atoms with van der Waals surface area (Å²) in [6.45, 7) is 0.0643. The van der Waals surface area contributed by atoms with Crippen molar-refractivity contribution in [1.29, 1.82) is 0 Å². The zero-order valence-electron chi connectivity index (χ0n) is 13.2. The summed E-state index contributed by atoms with van der Waals surface area (Å²) in [6.07, 6.45) is 1.78. The van der Waals surface area contributed by atoms with E-state index >= 15 is 0 Å². The van der Waals surface area contributed by atoms with Gasteiger partial charge in [0.15, 0.2) is 6.61 Å². The number of carbonyl (C=O) groups is 1. The summed E-state index contributed by atoms with van der Waals surface area (Å²) in [4.78, 5) is 15.9. The van der Waals surface area contributed by atoms with Crippen LogP contribution in [-0.2, 0) is 24.6 Å². The first-order valence-electron chi connectivity index (χ1n) is 7.62. The number of carbonyl (C=O) groups excluding carboxylic acids is 1. The number of fused-ring (bicyclic) bond motifs is 1. The fourth-order valence-electron chi connectivity index (χ4n) is 2.64. The Hall–Kier alpha value is -2.54. The Morgan fingerprint density at radius 3 is 2.88 bits per heavy atom. The fourth-order valence-corrected chi connectivity index (χ4v) is 2.64. The van der Waals surface area contributed by atoms with Gasteiger partial charge in [-0.05, 0) is 29.3 Å². The topological polar surface area (TPSA) is 67.8 Å². The number of hydrogen-bond acceptors (Lipinski definition) is 3. The molecule has 3 N–H and O–H groups in total. The van der Waals surface area contributed by atoms with Gasteiger partial charge in [-0.3, -0.25) is 4.79 Å². The monoisotopic (exact) mass is 509 g/mol. The van der Waals surface area contributed by atoms with Crippen molar-refractivity contribution in [2.45, 2.75) is 0 Å². The molecule has 0 spiro atoms. The van der Waals surface area contributed by atoms with Crippen LogP contribution < -0.4 is 15.4 Å². The molecule has 1 aliphatic rings. The van der Waals surface area contributed by atoms with Crippen molar-refractivity contribution < 1.29 is 34.6 Å². The zero-order valence-corrected chi connectivity index (χ0v) is 15.7. The number of pyridine rings is 1. The van der Waals surface area contributed by atoms with Crippen molar-refractivity contribution in [1.82, 2.24) is 4.98 Å². The van der Waals surface area contributed by atoms with Gasteiger partial charge in [0.2, 0.25) is 5.82 Å². The van der Waals surface area contributed by atoms with Gasteiger partial charge in [-0.1, -0.05) is 6.07 Å². The summed E-state index contributed by atoms with van der Waals surface area (Å²) in [5, 5.41) is 4.84. The number of quaternary nitrogens is 1. The van der Waals surface area contributed by atoms with Gasteiger partial charge in [-0.15, -0.1) is 12.1 Å². The summed E-state index contributed by atoms with van der Waals surface area (Å²) in [5.41, 5.74) is 3.77. The molecule has 0 saturated carbocycles. The number of nitrogens with two attached hydrogens (primary N) is 1. The van der Waals surface area contributed by atoms with E-state index in [0.717, 1.165) is 22.6 Å². The Morgan fingerprint density at radius 2 is 2.04 bits per heavy atom. The molecule has 1 aromatic heterocycles. The normalized spacial score (nSPS) is 12.4. The molecule has 0 fully saturated rings.